The molecule has 1 atom stereocenters. The van der Waals surface area contributed by atoms with E-state index in [2.05, 4.69) is 26.1 Å². The van der Waals surface area contributed by atoms with Crippen molar-refractivity contribution < 1.29 is 8.78 Å². The minimum absolute atomic E-state index is 0. The van der Waals surface area contributed by atoms with Gasteiger partial charge in [0.1, 0.15) is 12.5 Å². The lowest BCUT2D eigenvalue weighted by Crippen LogP contribution is -2.45. The first-order valence-corrected chi connectivity index (χ1v) is 6.47. The third-order valence-electron chi connectivity index (χ3n) is 3.06. The van der Waals surface area contributed by atoms with E-state index < -0.39 is 6.67 Å². The molecule has 1 N–H and O–H groups in total. The summed E-state index contributed by atoms with van der Waals surface area (Å²) in [4.78, 5) is 2.09. The Kier molecular flexibility index (Phi) is 6.49. The SMILES string of the molecule is Cl.FC[C@H](c1ccc(F)cc1Br)N1CCNCC1. The van der Waals surface area contributed by atoms with Gasteiger partial charge < -0.3 is 5.32 Å². The predicted octanol–water partition coefficient (Wildman–Crippen LogP) is 2.93. The van der Waals surface area contributed by atoms with Gasteiger partial charge in [0, 0.05) is 30.7 Å². The summed E-state index contributed by atoms with van der Waals surface area (Å²) in [6, 6.07) is 4.14. The number of rotatable bonds is 3. The molecule has 0 saturated carbocycles. The van der Waals surface area contributed by atoms with Crippen molar-refractivity contribution in [3.8, 4) is 0 Å². The molecule has 1 aliphatic heterocycles. The van der Waals surface area contributed by atoms with Crippen LogP contribution in [0.2, 0.25) is 0 Å². The van der Waals surface area contributed by atoms with Gasteiger partial charge in [-0.1, -0.05) is 22.0 Å². The third-order valence-corrected chi connectivity index (χ3v) is 3.75. The van der Waals surface area contributed by atoms with Crippen molar-refractivity contribution in [2.75, 3.05) is 32.9 Å². The van der Waals surface area contributed by atoms with Crippen LogP contribution in [-0.4, -0.2) is 37.8 Å². The van der Waals surface area contributed by atoms with Crippen LogP contribution in [-0.2, 0) is 0 Å². The molecule has 0 aromatic heterocycles. The Labute approximate surface area is 120 Å². The van der Waals surface area contributed by atoms with Crippen molar-refractivity contribution in [2.24, 2.45) is 0 Å². The third kappa shape index (κ3) is 3.63. The Hall–Kier alpha value is -0.230. The Morgan fingerprint density at radius 3 is 2.56 bits per heavy atom. The van der Waals surface area contributed by atoms with Gasteiger partial charge in [0.25, 0.3) is 0 Å². The summed E-state index contributed by atoms with van der Waals surface area (Å²) in [5.41, 5.74) is 0.816. The van der Waals surface area contributed by atoms with E-state index in [9.17, 15) is 8.78 Å². The van der Waals surface area contributed by atoms with Gasteiger partial charge in [-0.25, -0.2) is 8.78 Å². The second-order valence-corrected chi connectivity index (χ2v) is 4.98. The van der Waals surface area contributed by atoms with Crippen molar-refractivity contribution in [1.29, 1.82) is 0 Å². The van der Waals surface area contributed by atoms with Crippen LogP contribution in [0.15, 0.2) is 22.7 Å². The number of piperazine rings is 1. The maximum atomic E-state index is 13.2. The number of benzene rings is 1. The maximum absolute atomic E-state index is 13.2. The molecule has 1 fully saturated rings. The molecular weight excluding hydrogens is 325 g/mol. The van der Waals surface area contributed by atoms with E-state index in [-0.39, 0.29) is 24.3 Å². The van der Waals surface area contributed by atoms with Crippen LogP contribution in [0, 0.1) is 5.82 Å². The molecule has 0 radical (unpaired) electrons. The van der Waals surface area contributed by atoms with Gasteiger partial charge in [-0.3, -0.25) is 4.90 Å². The molecular formula is C12H16BrClF2N2. The molecule has 0 amide bonds. The fraction of sp³-hybridized carbons (Fsp3) is 0.500. The lowest BCUT2D eigenvalue weighted by atomic mass is 10.1. The normalized spacial score (nSPS) is 18.2. The van der Waals surface area contributed by atoms with Crippen LogP contribution in [0.1, 0.15) is 11.6 Å². The monoisotopic (exact) mass is 340 g/mol. The highest BCUT2D eigenvalue weighted by Gasteiger charge is 2.23. The van der Waals surface area contributed by atoms with Crippen LogP contribution in [0.25, 0.3) is 0 Å². The summed E-state index contributed by atoms with van der Waals surface area (Å²) in [5, 5.41) is 3.23. The minimum Gasteiger partial charge on any atom is -0.314 e. The molecule has 2 nitrogen and oxygen atoms in total. The molecule has 0 aliphatic carbocycles. The first-order chi connectivity index (χ1) is 8.22. The van der Waals surface area contributed by atoms with Gasteiger partial charge in [0.05, 0.1) is 6.04 Å². The van der Waals surface area contributed by atoms with Gasteiger partial charge >= 0.3 is 0 Å². The van der Waals surface area contributed by atoms with Crippen molar-refractivity contribution in [1.82, 2.24) is 10.2 Å². The lowest BCUT2D eigenvalue weighted by Gasteiger charge is -2.34. The smallest absolute Gasteiger partial charge is 0.124 e. The number of hydrogen-bond acceptors (Lipinski definition) is 2. The number of hydrogen-bond donors (Lipinski definition) is 1. The molecule has 6 heteroatoms. The molecule has 0 unspecified atom stereocenters. The van der Waals surface area contributed by atoms with Crippen LogP contribution in [0.5, 0.6) is 0 Å². The molecule has 1 aromatic rings. The van der Waals surface area contributed by atoms with Gasteiger partial charge in [-0.05, 0) is 17.7 Å². The van der Waals surface area contributed by atoms with Crippen LogP contribution in [0.4, 0.5) is 8.78 Å². The summed E-state index contributed by atoms with van der Waals surface area (Å²) in [6.07, 6.45) is 0. The molecule has 1 aromatic carbocycles. The summed E-state index contributed by atoms with van der Waals surface area (Å²) in [7, 11) is 0. The fourth-order valence-electron chi connectivity index (χ4n) is 2.14. The Bertz CT molecular complexity index is 386. The van der Waals surface area contributed by atoms with Gasteiger partial charge in [-0.15, -0.1) is 12.4 Å². The van der Waals surface area contributed by atoms with Crippen molar-refractivity contribution in [3.63, 3.8) is 0 Å². The lowest BCUT2D eigenvalue weighted by molar-refractivity contribution is 0.147. The summed E-state index contributed by atoms with van der Waals surface area (Å²) >= 11 is 3.31. The van der Waals surface area contributed by atoms with Gasteiger partial charge in [0.15, 0.2) is 0 Å². The summed E-state index contributed by atoms with van der Waals surface area (Å²) in [5.74, 6) is -0.307. The Balaban J connectivity index is 0.00000162. The molecule has 1 aliphatic rings. The van der Waals surface area contributed by atoms with E-state index in [1.165, 1.54) is 12.1 Å². The van der Waals surface area contributed by atoms with Gasteiger partial charge in [-0.2, -0.15) is 0 Å². The van der Waals surface area contributed by atoms with E-state index in [0.29, 0.717) is 4.47 Å². The highest BCUT2D eigenvalue weighted by Crippen LogP contribution is 2.29. The van der Waals surface area contributed by atoms with Crippen LogP contribution >= 0.6 is 28.3 Å². The summed E-state index contributed by atoms with van der Waals surface area (Å²) in [6.45, 7) is 2.92. The number of alkyl halides is 1. The zero-order valence-electron chi connectivity index (χ0n) is 9.83. The number of nitrogens with zero attached hydrogens (tertiary/aromatic N) is 1. The topological polar surface area (TPSA) is 15.3 Å². The Morgan fingerprint density at radius 1 is 1.33 bits per heavy atom. The standard InChI is InChI=1S/C12H15BrF2N2.ClH/c13-11-7-9(15)1-2-10(11)12(8-14)17-5-3-16-4-6-17;/h1-2,7,12,16H,3-6,8H2;1H/t12-;/m1./s1. The second kappa shape index (κ2) is 7.38. The van der Waals surface area contributed by atoms with Crippen LogP contribution in [0.3, 0.4) is 0 Å². The predicted molar refractivity (Wildman–Crippen MR) is 74.5 cm³/mol. The highest BCUT2D eigenvalue weighted by molar-refractivity contribution is 9.10. The first kappa shape index (κ1) is 15.8. The average Bonchev–Trinajstić information content (AvgIpc) is 2.34. The quantitative estimate of drug-likeness (QED) is 0.909. The largest absolute Gasteiger partial charge is 0.314 e. The molecule has 102 valence electrons. The molecule has 2 rings (SSSR count). The molecule has 0 bridgehead atoms. The fourth-order valence-corrected chi connectivity index (χ4v) is 2.76. The van der Waals surface area contributed by atoms with E-state index in [4.69, 9.17) is 0 Å². The Morgan fingerprint density at radius 2 is 2.00 bits per heavy atom. The molecule has 1 heterocycles. The number of nitrogens with one attached hydrogen (secondary N) is 1. The first-order valence-electron chi connectivity index (χ1n) is 5.68. The summed E-state index contributed by atoms with van der Waals surface area (Å²) < 4.78 is 26.9. The van der Waals surface area contributed by atoms with E-state index in [1.807, 2.05) is 0 Å². The average molecular weight is 342 g/mol. The number of halogens is 4. The highest BCUT2D eigenvalue weighted by atomic mass is 79.9. The molecule has 0 spiro atoms. The van der Waals surface area contributed by atoms with E-state index in [0.717, 1.165) is 31.7 Å². The minimum atomic E-state index is -0.454. The van der Waals surface area contributed by atoms with Crippen molar-refractivity contribution >= 4 is 28.3 Å². The van der Waals surface area contributed by atoms with Crippen molar-refractivity contribution in [3.05, 3.63) is 34.1 Å². The van der Waals surface area contributed by atoms with E-state index >= 15 is 0 Å². The zero-order chi connectivity index (χ0) is 12.3. The van der Waals surface area contributed by atoms with Crippen molar-refractivity contribution in [2.45, 2.75) is 6.04 Å². The van der Waals surface area contributed by atoms with E-state index in [1.54, 1.807) is 6.07 Å². The molecule has 18 heavy (non-hydrogen) atoms. The molecule has 1 saturated heterocycles. The maximum Gasteiger partial charge on any atom is 0.124 e. The van der Waals surface area contributed by atoms with Gasteiger partial charge in [0.2, 0.25) is 0 Å². The zero-order valence-corrected chi connectivity index (χ0v) is 12.2. The second-order valence-electron chi connectivity index (χ2n) is 4.12. The van der Waals surface area contributed by atoms with Crippen LogP contribution < -0.4 is 5.32 Å².